The highest BCUT2D eigenvalue weighted by molar-refractivity contribution is 5.78. The lowest BCUT2D eigenvalue weighted by Gasteiger charge is -2.30. The van der Waals surface area contributed by atoms with Gasteiger partial charge < -0.3 is 15.0 Å². The molecule has 41 heavy (non-hydrogen) atoms. The van der Waals surface area contributed by atoms with Crippen LogP contribution in [-0.2, 0) is 29.1 Å². The second-order valence-corrected chi connectivity index (χ2v) is 11.8. The molecule has 8 heteroatoms. The number of nitrogens with zero attached hydrogens (tertiary/aromatic N) is 4. The summed E-state index contributed by atoms with van der Waals surface area (Å²) in [6.07, 6.45) is 10.0. The van der Waals surface area contributed by atoms with Crippen LogP contribution < -0.4 is 10.1 Å². The van der Waals surface area contributed by atoms with Crippen LogP contribution in [0.15, 0.2) is 42.7 Å². The minimum absolute atomic E-state index is 0.0698. The topological polar surface area (TPSA) is 78.0 Å². The number of nitrogens with one attached hydrogen (secondary N) is 1. The zero-order chi connectivity index (χ0) is 29.0. The van der Waals surface area contributed by atoms with Crippen LogP contribution in [0.5, 0.6) is 5.75 Å². The van der Waals surface area contributed by atoms with Gasteiger partial charge in [0.2, 0.25) is 11.8 Å². The molecule has 3 heterocycles. The van der Waals surface area contributed by atoms with Crippen molar-refractivity contribution in [3.8, 4) is 5.75 Å². The molecule has 8 nitrogen and oxygen atoms in total. The zero-order valence-electron chi connectivity index (χ0n) is 25.3. The first-order valence-corrected chi connectivity index (χ1v) is 15.6. The molecule has 1 atom stereocenters. The van der Waals surface area contributed by atoms with Crippen LogP contribution in [-0.4, -0.2) is 82.9 Å². The Kier molecular flexibility index (Phi) is 12.0. The van der Waals surface area contributed by atoms with Gasteiger partial charge in [0.1, 0.15) is 5.75 Å². The lowest BCUT2D eigenvalue weighted by Crippen LogP contribution is -2.42. The van der Waals surface area contributed by atoms with Gasteiger partial charge in [0, 0.05) is 62.6 Å². The Hall–Kier alpha value is -2.97. The van der Waals surface area contributed by atoms with Gasteiger partial charge in [-0.1, -0.05) is 19.1 Å². The number of amides is 2. The van der Waals surface area contributed by atoms with Gasteiger partial charge in [0.15, 0.2) is 0 Å². The summed E-state index contributed by atoms with van der Waals surface area (Å²) in [7, 11) is 0. The van der Waals surface area contributed by atoms with Crippen molar-refractivity contribution in [3.63, 3.8) is 0 Å². The highest BCUT2D eigenvalue weighted by Crippen LogP contribution is 2.25. The Morgan fingerprint density at radius 1 is 1.10 bits per heavy atom. The average Bonchev–Trinajstić information content (AvgIpc) is 3.43. The van der Waals surface area contributed by atoms with E-state index in [1.54, 1.807) is 12.4 Å². The Labute approximate surface area is 246 Å². The SMILES string of the molecule is CCN1CCCC1CN(Cc1ccncc1)C(=O)CCc1ccc2c(c1)CN(C(C)C)CC(=O)NCCCCCO2. The van der Waals surface area contributed by atoms with Crippen LogP contribution in [0.25, 0.3) is 0 Å². The number of ether oxygens (including phenoxy) is 1. The van der Waals surface area contributed by atoms with E-state index in [9.17, 15) is 9.59 Å². The number of carbonyl (C=O) groups excluding carboxylic acids is 2. The quantitative estimate of drug-likeness (QED) is 0.487. The van der Waals surface area contributed by atoms with Crippen molar-refractivity contribution >= 4 is 11.8 Å². The van der Waals surface area contributed by atoms with Gasteiger partial charge in [-0.2, -0.15) is 0 Å². The summed E-state index contributed by atoms with van der Waals surface area (Å²) in [6, 6.07) is 11.0. The lowest BCUT2D eigenvalue weighted by molar-refractivity contribution is -0.132. The fourth-order valence-corrected chi connectivity index (χ4v) is 5.89. The number of benzene rings is 1. The van der Waals surface area contributed by atoms with E-state index in [-0.39, 0.29) is 17.9 Å². The average molecular weight is 564 g/mol. The molecular weight excluding hydrogens is 514 g/mol. The van der Waals surface area contributed by atoms with Crippen molar-refractivity contribution < 1.29 is 14.3 Å². The highest BCUT2D eigenvalue weighted by Gasteiger charge is 2.27. The molecule has 0 bridgehead atoms. The van der Waals surface area contributed by atoms with Crippen LogP contribution in [0, 0.1) is 0 Å². The second-order valence-electron chi connectivity index (χ2n) is 11.8. The normalized spacial score (nSPS) is 19.4. The van der Waals surface area contributed by atoms with Gasteiger partial charge in [-0.15, -0.1) is 0 Å². The van der Waals surface area contributed by atoms with E-state index in [0.717, 1.165) is 67.8 Å². The summed E-state index contributed by atoms with van der Waals surface area (Å²) in [4.78, 5) is 37.1. The van der Waals surface area contributed by atoms with E-state index in [0.29, 0.717) is 51.7 Å². The maximum absolute atomic E-state index is 13.7. The van der Waals surface area contributed by atoms with Gasteiger partial charge in [-0.3, -0.25) is 24.4 Å². The fraction of sp³-hybridized carbons (Fsp3) is 0.606. The van der Waals surface area contributed by atoms with E-state index >= 15 is 0 Å². The summed E-state index contributed by atoms with van der Waals surface area (Å²) in [5.74, 6) is 1.14. The van der Waals surface area contributed by atoms with Crippen molar-refractivity contribution in [1.29, 1.82) is 0 Å². The Morgan fingerprint density at radius 2 is 1.93 bits per heavy atom. The molecule has 1 saturated heterocycles. The Bertz CT molecular complexity index is 1110. The van der Waals surface area contributed by atoms with Gasteiger partial charge in [0.05, 0.1) is 13.2 Å². The van der Waals surface area contributed by atoms with Gasteiger partial charge >= 0.3 is 0 Å². The summed E-state index contributed by atoms with van der Waals surface area (Å²) in [5.41, 5.74) is 3.31. The minimum Gasteiger partial charge on any atom is -0.493 e. The predicted octanol–water partition coefficient (Wildman–Crippen LogP) is 4.42. The molecule has 0 saturated carbocycles. The van der Waals surface area contributed by atoms with Crippen molar-refractivity contribution in [2.45, 2.75) is 90.9 Å². The van der Waals surface area contributed by atoms with Crippen molar-refractivity contribution in [3.05, 3.63) is 59.4 Å². The second kappa shape index (κ2) is 15.9. The molecule has 0 radical (unpaired) electrons. The monoisotopic (exact) mass is 563 g/mol. The molecule has 0 spiro atoms. The number of likely N-dealkylation sites (N-methyl/N-ethyl adjacent to an activating group) is 1. The number of hydrogen-bond acceptors (Lipinski definition) is 6. The van der Waals surface area contributed by atoms with Crippen molar-refractivity contribution in [2.75, 3.05) is 39.3 Å². The number of carbonyl (C=O) groups is 2. The van der Waals surface area contributed by atoms with Gasteiger partial charge in [0.25, 0.3) is 0 Å². The van der Waals surface area contributed by atoms with E-state index < -0.39 is 0 Å². The number of rotatable bonds is 9. The largest absolute Gasteiger partial charge is 0.493 e. The van der Waals surface area contributed by atoms with E-state index in [1.165, 1.54) is 6.42 Å². The van der Waals surface area contributed by atoms with Gasteiger partial charge in [-0.25, -0.2) is 0 Å². The van der Waals surface area contributed by atoms with Crippen LogP contribution in [0.4, 0.5) is 0 Å². The molecule has 1 aromatic heterocycles. The maximum Gasteiger partial charge on any atom is 0.234 e. The Balaban J connectivity index is 1.47. The number of likely N-dealkylation sites (tertiary alicyclic amines) is 1. The molecule has 1 aromatic carbocycles. The third-order valence-electron chi connectivity index (χ3n) is 8.42. The molecule has 2 aromatic rings. The first-order chi connectivity index (χ1) is 19.9. The minimum atomic E-state index is 0.0698. The molecule has 2 aliphatic heterocycles. The number of pyridine rings is 1. The van der Waals surface area contributed by atoms with Crippen LogP contribution in [0.3, 0.4) is 0 Å². The summed E-state index contributed by atoms with van der Waals surface area (Å²) < 4.78 is 6.22. The number of fused-ring (bicyclic) bond motifs is 1. The van der Waals surface area contributed by atoms with Gasteiger partial charge in [-0.05, 0) is 94.8 Å². The molecular formula is C33H49N5O3. The molecule has 1 fully saturated rings. The summed E-state index contributed by atoms with van der Waals surface area (Å²) >= 11 is 0. The van der Waals surface area contributed by atoms with Crippen molar-refractivity contribution in [1.82, 2.24) is 25.0 Å². The molecule has 224 valence electrons. The fourth-order valence-electron chi connectivity index (χ4n) is 5.89. The molecule has 2 amide bonds. The maximum atomic E-state index is 13.7. The molecule has 1 N–H and O–H groups in total. The third-order valence-corrected chi connectivity index (χ3v) is 8.42. The molecule has 4 rings (SSSR count). The molecule has 2 aliphatic rings. The number of aryl methyl sites for hydroxylation is 1. The first kappa shape index (κ1) is 31.0. The van der Waals surface area contributed by atoms with Crippen LogP contribution in [0.1, 0.15) is 76.0 Å². The standard InChI is InChI=1S/C33H49N5O3/c1-4-36-19-8-9-30(36)24-38(22-28-14-17-34-18-15-28)33(40)13-11-27-10-12-31-29(21-27)23-37(26(2)3)25-32(39)35-16-6-5-7-20-41-31/h10,12,14-15,17-18,21,26,30H,4-9,11,13,16,19-20,22-25H2,1-3H3,(H,35,39). The summed E-state index contributed by atoms with van der Waals surface area (Å²) in [5, 5.41) is 3.06. The molecule has 1 unspecified atom stereocenters. The van der Waals surface area contributed by atoms with Crippen LogP contribution >= 0.6 is 0 Å². The summed E-state index contributed by atoms with van der Waals surface area (Å²) in [6.45, 7) is 12.3. The van der Waals surface area contributed by atoms with E-state index in [2.05, 4.69) is 59.1 Å². The van der Waals surface area contributed by atoms with Crippen LogP contribution in [0.2, 0.25) is 0 Å². The smallest absolute Gasteiger partial charge is 0.234 e. The first-order valence-electron chi connectivity index (χ1n) is 15.6. The predicted molar refractivity (Wildman–Crippen MR) is 163 cm³/mol. The Morgan fingerprint density at radius 3 is 2.71 bits per heavy atom. The number of aromatic nitrogens is 1. The molecule has 0 aliphatic carbocycles. The lowest BCUT2D eigenvalue weighted by atomic mass is 10.0. The zero-order valence-corrected chi connectivity index (χ0v) is 25.3. The van der Waals surface area contributed by atoms with E-state index in [4.69, 9.17) is 4.74 Å². The number of hydrogen-bond donors (Lipinski definition) is 1. The van der Waals surface area contributed by atoms with Crippen molar-refractivity contribution in [2.24, 2.45) is 0 Å². The van der Waals surface area contributed by atoms with E-state index in [1.807, 2.05) is 17.0 Å². The third kappa shape index (κ3) is 9.54. The highest BCUT2D eigenvalue weighted by atomic mass is 16.5.